The van der Waals surface area contributed by atoms with Crippen molar-refractivity contribution in [1.82, 2.24) is 10.6 Å². The summed E-state index contributed by atoms with van der Waals surface area (Å²) in [5.41, 5.74) is 0.0827. The highest BCUT2D eigenvalue weighted by Gasteiger charge is 2.26. The first-order chi connectivity index (χ1) is 8.68. The second-order valence-corrected chi connectivity index (χ2v) is 7.32. The van der Waals surface area contributed by atoms with Gasteiger partial charge in [-0.2, -0.15) is 0 Å². The number of amides is 1. The minimum absolute atomic E-state index is 0.334. The van der Waals surface area contributed by atoms with Gasteiger partial charge in [-0.25, -0.2) is 4.79 Å². The topological polar surface area (TPSA) is 50.4 Å². The maximum Gasteiger partial charge on any atom is 0.407 e. The van der Waals surface area contributed by atoms with E-state index in [2.05, 4.69) is 24.5 Å². The molecule has 0 saturated heterocycles. The van der Waals surface area contributed by atoms with E-state index in [-0.39, 0.29) is 6.09 Å². The highest BCUT2D eigenvalue weighted by Crippen LogP contribution is 2.34. The van der Waals surface area contributed by atoms with Gasteiger partial charge in [0.25, 0.3) is 0 Å². The first-order valence-electron chi connectivity index (χ1n) is 7.38. The van der Waals surface area contributed by atoms with E-state index in [1.165, 1.54) is 25.7 Å². The predicted molar refractivity (Wildman–Crippen MR) is 78.3 cm³/mol. The molecule has 1 aliphatic carbocycles. The molecule has 0 radical (unpaired) electrons. The van der Waals surface area contributed by atoms with Crippen molar-refractivity contribution >= 4 is 6.09 Å². The van der Waals surface area contributed by atoms with Crippen LogP contribution in [-0.2, 0) is 4.74 Å². The molecule has 19 heavy (non-hydrogen) atoms. The van der Waals surface area contributed by atoms with Gasteiger partial charge in [0.2, 0.25) is 0 Å². The fourth-order valence-corrected chi connectivity index (χ4v) is 2.36. The van der Waals surface area contributed by atoms with Gasteiger partial charge in [-0.05, 0) is 51.9 Å². The average Bonchev–Trinajstić information content (AvgIpc) is 2.24. The lowest BCUT2D eigenvalue weighted by atomic mass is 9.75. The van der Waals surface area contributed by atoms with Crippen molar-refractivity contribution in [2.75, 3.05) is 13.1 Å². The zero-order valence-electron chi connectivity index (χ0n) is 13.1. The second kappa shape index (κ2) is 6.60. The molecular formula is C15H30N2O2. The van der Waals surface area contributed by atoms with E-state index in [9.17, 15) is 4.79 Å². The molecule has 0 aromatic heterocycles. The second-order valence-electron chi connectivity index (χ2n) is 7.32. The van der Waals surface area contributed by atoms with Crippen LogP contribution in [0.3, 0.4) is 0 Å². The Hall–Kier alpha value is -0.770. The van der Waals surface area contributed by atoms with Gasteiger partial charge in [0, 0.05) is 19.1 Å². The Morgan fingerprint density at radius 2 is 1.79 bits per heavy atom. The van der Waals surface area contributed by atoms with E-state index >= 15 is 0 Å². The number of hydrogen-bond donors (Lipinski definition) is 2. The molecule has 1 rings (SSSR count). The smallest absolute Gasteiger partial charge is 0.407 e. The number of carbonyl (C=O) groups excluding carboxylic acids is 1. The van der Waals surface area contributed by atoms with Gasteiger partial charge in [-0.3, -0.25) is 0 Å². The summed E-state index contributed by atoms with van der Waals surface area (Å²) in [6.45, 7) is 11.7. The Balaban J connectivity index is 2.07. The number of alkyl carbamates (subject to hydrolysis) is 1. The molecule has 0 heterocycles. The Bertz CT molecular complexity index is 285. The van der Waals surface area contributed by atoms with Crippen LogP contribution in [0.15, 0.2) is 0 Å². The van der Waals surface area contributed by atoms with E-state index in [0.717, 1.165) is 6.54 Å². The van der Waals surface area contributed by atoms with Crippen LogP contribution in [0.5, 0.6) is 0 Å². The summed E-state index contributed by atoms with van der Waals surface area (Å²) in [6.07, 6.45) is 4.70. The number of rotatable bonds is 4. The van der Waals surface area contributed by atoms with E-state index < -0.39 is 5.60 Å². The van der Waals surface area contributed by atoms with E-state index in [1.807, 2.05) is 20.8 Å². The zero-order valence-corrected chi connectivity index (χ0v) is 13.1. The summed E-state index contributed by atoms with van der Waals surface area (Å²) in [5, 5.41) is 6.28. The van der Waals surface area contributed by atoms with Crippen molar-refractivity contribution < 1.29 is 9.53 Å². The normalized spacial score (nSPS) is 20.1. The van der Waals surface area contributed by atoms with Crippen LogP contribution in [-0.4, -0.2) is 30.8 Å². The van der Waals surface area contributed by atoms with Crippen LogP contribution < -0.4 is 10.6 Å². The molecule has 0 aromatic carbocycles. The molecule has 0 bridgehead atoms. The predicted octanol–water partition coefficient (Wildman–Crippen LogP) is 3.07. The Morgan fingerprint density at radius 3 is 2.32 bits per heavy atom. The summed E-state index contributed by atoms with van der Waals surface area (Å²) < 4.78 is 5.18. The summed E-state index contributed by atoms with van der Waals surface area (Å²) in [4.78, 5) is 11.4. The monoisotopic (exact) mass is 270 g/mol. The number of ether oxygens (including phenoxy) is 1. The lowest BCUT2D eigenvalue weighted by Crippen LogP contribution is -2.41. The van der Waals surface area contributed by atoms with Crippen LogP contribution >= 0.6 is 0 Å². The first kappa shape index (κ1) is 16.3. The molecule has 1 fully saturated rings. The molecule has 2 N–H and O–H groups in total. The highest BCUT2D eigenvalue weighted by atomic mass is 16.6. The van der Waals surface area contributed by atoms with Crippen molar-refractivity contribution in [2.45, 2.75) is 71.9 Å². The summed E-state index contributed by atoms with van der Waals surface area (Å²) in [7, 11) is 0. The molecule has 0 spiro atoms. The fraction of sp³-hybridized carbons (Fsp3) is 0.933. The zero-order chi connectivity index (χ0) is 14.5. The van der Waals surface area contributed by atoms with Crippen molar-refractivity contribution in [3.8, 4) is 0 Å². The standard InChI is InChI=1S/C15H30N2O2/c1-14(2,3)19-13(18)17-11-10-16-12-6-8-15(4,5)9-7-12/h12,16H,6-11H2,1-5H3,(H,17,18). The lowest BCUT2D eigenvalue weighted by molar-refractivity contribution is 0.0527. The fourth-order valence-electron chi connectivity index (χ4n) is 2.36. The maximum absolute atomic E-state index is 11.4. The third kappa shape index (κ3) is 7.41. The number of carbonyl (C=O) groups is 1. The molecule has 1 aliphatic rings. The minimum atomic E-state index is -0.424. The third-order valence-electron chi connectivity index (χ3n) is 3.57. The summed E-state index contributed by atoms with van der Waals surface area (Å²) in [6, 6.07) is 0.605. The van der Waals surface area contributed by atoms with Gasteiger partial charge in [0.15, 0.2) is 0 Å². The Labute approximate surface area is 117 Å². The number of nitrogens with one attached hydrogen (secondary N) is 2. The van der Waals surface area contributed by atoms with Gasteiger partial charge >= 0.3 is 6.09 Å². The van der Waals surface area contributed by atoms with Crippen LogP contribution in [0.1, 0.15) is 60.3 Å². The van der Waals surface area contributed by atoms with Gasteiger partial charge in [0.05, 0.1) is 0 Å². The lowest BCUT2D eigenvalue weighted by Gasteiger charge is -2.34. The van der Waals surface area contributed by atoms with E-state index in [1.54, 1.807) is 0 Å². The van der Waals surface area contributed by atoms with Gasteiger partial charge < -0.3 is 15.4 Å². The van der Waals surface area contributed by atoms with Gasteiger partial charge in [-0.15, -0.1) is 0 Å². The third-order valence-corrected chi connectivity index (χ3v) is 3.57. The molecule has 112 valence electrons. The Morgan fingerprint density at radius 1 is 1.21 bits per heavy atom. The van der Waals surface area contributed by atoms with Crippen molar-refractivity contribution in [1.29, 1.82) is 0 Å². The molecule has 0 unspecified atom stereocenters. The highest BCUT2D eigenvalue weighted by molar-refractivity contribution is 5.67. The quantitative estimate of drug-likeness (QED) is 0.772. The SMILES string of the molecule is CC1(C)CCC(NCCNC(=O)OC(C)(C)C)CC1. The van der Waals surface area contributed by atoms with Crippen LogP contribution in [0.4, 0.5) is 4.79 Å². The van der Waals surface area contributed by atoms with Crippen molar-refractivity contribution in [3.05, 3.63) is 0 Å². The van der Waals surface area contributed by atoms with Gasteiger partial charge in [-0.1, -0.05) is 13.8 Å². The first-order valence-corrected chi connectivity index (χ1v) is 7.38. The molecule has 4 heteroatoms. The van der Waals surface area contributed by atoms with E-state index in [0.29, 0.717) is 18.0 Å². The molecule has 0 aromatic rings. The molecule has 0 aliphatic heterocycles. The number of hydrogen-bond acceptors (Lipinski definition) is 3. The van der Waals surface area contributed by atoms with Crippen LogP contribution in [0.25, 0.3) is 0 Å². The minimum Gasteiger partial charge on any atom is -0.444 e. The maximum atomic E-state index is 11.4. The molecule has 1 amide bonds. The molecule has 4 nitrogen and oxygen atoms in total. The molecule has 0 atom stereocenters. The average molecular weight is 270 g/mol. The van der Waals surface area contributed by atoms with Gasteiger partial charge in [0.1, 0.15) is 5.60 Å². The van der Waals surface area contributed by atoms with Crippen LogP contribution in [0.2, 0.25) is 0 Å². The van der Waals surface area contributed by atoms with Crippen LogP contribution in [0, 0.1) is 5.41 Å². The van der Waals surface area contributed by atoms with E-state index in [4.69, 9.17) is 4.74 Å². The summed E-state index contributed by atoms with van der Waals surface area (Å²) >= 11 is 0. The molecule has 1 saturated carbocycles. The van der Waals surface area contributed by atoms with Crippen molar-refractivity contribution in [2.24, 2.45) is 5.41 Å². The molecular weight excluding hydrogens is 240 g/mol. The summed E-state index contributed by atoms with van der Waals surface area (Å²) in [5.74, 6) is 0. The largest absolute Gasteiger partial charge is 0.444 e. The van der Waals surface area contributed by atoms with Crippen molar-refractivity contribution in [3.63, 3.8) is 0 Å². The Kier molecular flexibility index (Phi) is 5.65.